The predicted octanol–water partition coefficient (Wildman–Crippen LogP) is 5.70. The van der Waals surface area contributed by atoms with Gasteiger partial charge < -0.3 is 19.3 Å². The summed E-state index contributed by atoms with van der Waals surface area (Å²) in [4.78, 5) is 13.4. The van der Waals surface area contributed by atoms with Crippen molar-refractivity contribution in [3.63, 3.8) is 0 Å². The van der Waals surface area contributed by atoms with E-state index in [0.717, 1.165) is 22.3 Å². The van der Waals surface area contributed by atoms with E-state index in [1.54, 1.807) is 6.08 Å². The highest BCUT2D eigenvalue weighted by molar-refractivity contribution is 5.98. The van der Waals surface area contributed by atoms with Crippen molar-refractivity contribution in [3.05, 3.63) is 77.4 Å². The zero-order valence-corrected chi connectivity index (χ0v) is 20.5. The topological polar surface area (TPSA) is 65.0 Å². The number of aliphatic hydroxyl groups is 1. The van der Waals surface area contributed by atoms with E-state index >= 15 is 0 Å². The minimum atomic E-state index is -0.831. The summed E-state index contributed by atoms with van der Waals surface area (Å²) in [7, 11) is 0. The van der Waals surface area contributed by atoms with Gasteiger partial charge in [0.05, 0.1) is 11.7 Å². The van der Waals surface area contributed by atoms with Crippen molar-refractivity contribution in [2.24, 2.45) is 5.92 Å². The van der Waals surface area contributed by atoms with Crippen molar-refractivity contribution < 1.29 is 24.1 Å². The molecular weight excluding hydrogens is 428 g/mol. The highest BCUT2D eigenvalue weighted by Crippen LogP contribution is 2.34. The van der Waals surface area contributed by atoms with Crippen LogP contribution in [0.5, 0.6) is 0 Å². The Balaban J connectivity index is 1.82. The van der Waals surface area contributed by atoms with Gasteiger partial charge >= 0.3 is 5.97 Å². The molecule has 2 heterocycles. The molecule has 2 aliphatic heterocycles. The predicted molar refractivity (Wildman–Crippen MR) is 133 cm³/mol. The van der Waals surface area contributed by atoms with Crippen molar-refractivity contribution in [2.45, 2.75) is 71.2 Å². The number of carbonyl (C=O) groups excluding carboxylic acids is 1. The number of aryl methyl sites for hydroxylation is 1. The third-order valence-electron chi connectivity index (χ3n) is 6.60. The fourth-order valence-corrected chi connectivity index (χ4v) is 4.59. The molecule has 0 aliphatic carbocycles. The van der Waals surface area contributed by atoms with Crippen molar-refractivity contribution >= 4 is 12.0 Å². The zero-order valence-electron chi connectivity index (χ0n) is 20.5. The van der Waals surface area contributed by atoms with Crippen LogP contribution in [0.2, 0.25) is 0 Å². The summed E-state index contributed by atoms with van der Waals surface area (Å²) >= 11 is 0. The summed E-state index contributed by atoms with van der Waals surface area (Å²) < 4.78 is 18.1. The molecular formula is C29H34O5. The Morgan fingerprint density at radius 2 is 1.74 bits per heavy atom. The first-order chi connectivity index (χ1) is 16.2. The van der Waals surface area contributed by atoms with Gasteiger partial charge in [-0.15, -0.1) is 0 Å². The number of esters is 1. The van der Waals surface area contributed by atoms with Gasteiger partial charge in [-0.2, -0.15) is 0 Å². The second-order valence-corrected chi connectivity index (χ2v) is 9.71. The number of cyclic esters (lactones) is 1. The van der Waals surface area contributed by atoms with Gasteiger partial charge in [0.25, 0.3) is 0 Å². The molecule has 1 unspecified atom stereocenters. The molecule has 34 heavy (non-hydrogen) atoms. The average Bonchev–Trinajstić information content (AvgIpc) is 3.11. The summed E-state index contributed by atoms with van der Waals surface area (Å²) in [6, 6.07) is 14.0. The largest absolute Gasteiger partial charge is 0.458 e. The Bertz CT molecular complexity index is 1090. The highest BCUT2D eigenvalue weighted by Gasteiger charge is 2.43. The molecule has 0 saturated carbocycles. The van der Waals surface area contributed by atoms with Gasteiger partial charge in [0.1, 0.15) is 18.3 Å². The van der Waals surface area contributed by atoms with E-state index in [9.17, 15) is 9.90 Å². The molecule has 0 amide bonds. The summed E-state index contributed by atoms with van der Waals surface area (Å²) in [5.41, 5.74) is 4.23. The smallest absolute Gasteiger partial charge is 0.339 e. The molecule has 1 fully saturated rings. The molecule has 4 rings (SSSR count). The lowest BCUT2D eigenvalue weighted by Crippen LogP contribution is -2.34. The van der Waals surface area contributed by atoms with Crippen LogP contribution in [0.25, 0.3) is 17.2 Å². The molecule has 5 atom stereocenters. The Hall–Kier alpha value is -2.73. The first kappa shape index (κ1) is 24.4. The summed E-state index contributed by atoms with van der Waals surface area (Å²) in [6.45, 7) is 9.49. The number of hydrogen-bond donors (Lipinski definition) is 1. The lowest BCUT2D eigenvalue weighted by Gasteiger charge is -2.23. The number of hydrogen-bond acceptors (Lipinski definition) is 5. The van der Waals surface area contributed by atoms with Gasteiger partial charge in [-0.05, 0) is 56.4 Å². The second kappa shape index (κ2) is 9.87. The first-order valence-corrected chi connectivity index (χ1v) is 11.9. The maximum atomic E-state index is 13.4. The fraction of sp³-hybridized carbons (Fsp3) is 0.414. The third kappa shape index (κ3) is 5.17. The van der Waals surface area contributed by atoms with Crippen LogP contribution in [0, 0.1) is 12.8 Å². The highest BCUT2D eigenvalue weighted by atomic mass is 16.8. The zero-order chi connectivity index (χ0) is 24.5. The van der Waals surface area contributed by atoms with Gasteiger partial charge in [-0.25, -0.2) is 4.79 Å². The number of carbonyl (C=O) groups is 1. The van der Waals surface area contributed by atoms with Gasteiger partial charge in [-0.3, -0.25) is 0 Å². The van der Waals surface area contributed by atoms with Crippen molar-refractivity contribution in [2.75, 3.05) is 0 Å². The van der Waals surface area contributed by atoms with Crippen LogP contribution in [0.1, 0.15) is 55.6 Å². The molecule has 2 aromatic rings. The standard InChI is InChI=1S/C29H34O5/c1-18-15-17-24(30)27-25(33-29(4,5)34-27)13-9-12-23-22(21-10-7-6-8-11-21)16-14-19(2)26(23)28(31)32-20(18)3/h6-12,14-18,20,24-25,27,30H,13H2,1-5H3/b12-9?,17-15-/t18-,20+,24?,25+,27-/m1/s1. The molecule has 1 saturated heterocycles. The summed E-state index contributed by atoms with van der Waals surface area (Å²) in [5, 5.41) is 10.8. The monoisotopic (exact) mass is 462 g/mol. The third-order valence-corrected chi connectivity index (χ3v) is 6.60. The molecule has 0 spiro atoms. The average molecular weight is 463 g/mol. The molecule has 1 N–H and O–H groups in total. The maximum absolute atomic E-state index is 13.4. The van der Waals surface area contributed by atoms with E-state index in [1.165, 1.54) is 0 Å². The normalized spacial score (nSPS) is 30.1. The molecule has 180 valence electrons. The fourth-order valence-electron chi connectivity index (χ4n) is 4.59. The van der Waals surface area contributed by atoms with Gasteiger partial charge in [-0.1, -0.05) is 73.7 Å². The van der Waals surface area contributed by atoms with Crippen LogP contribution >= 0.6 is 0 Å². The Morgan fingerprint density at radius 3 is 2.47 bits per heavy atom. The Morgan fingerprint density at radius 1 is 1.00 bits per heavy atom. The number of fused-ring (bicyclic) bond motifs is 2. The Labute approximate surface area is 202 Å². The van der Waals surface area contributed by atoms with E-state index in [4.69, 9.17) is 14.2 Å². The van der Waals surface area contributed by atoms with Crippen LogP contribution < -0.4 is 0 Å². The molecule has 5 heteroatoms. The van der Waals surface area contributed by atoms with Crippen LogP contribution in [0.3, 0.4) is 0 Å². The number of aliphatic hydroxyl groups excluding tert-OH is 1. The second-order valence-electron chi connectivity index (χ2n) is 9.71. The van der Waals surface area contributed by atoms with Crippen LogP contribution in [-0.2, 0) is 14.2 Å². The SMILES string of the molecule is Cc1ccc(-c2ccccc2)c2c1C(=O)O[C@@H](C)[C@H](C)/C=C\C(O)[C@H]1OC(C)(C)O[C@H]1CC=C2. The molecule has 2 aliphatic rings. The van der Waals surface area contributed by atoms with Crippen molar-refractivity contribution in [1.29, 1.82) is 0 Å². The van der Waals surface area contributed by atoms with Crippen molar-refractivity contribution in [1.82, 2.24) is 0 Å². The van der Waals surface area contributed by atoms with Gasteiger partial charge in [0, 0.05) is 5.92 Å². The van der Waals surface area contributed by atoms with Gasteiger partial charge in [0.15, 0.2) is 5.79 Å². The minimum absolute atomic E-state index is 0.0908. The van der Waals surface area contributed by atoms with Crippen LogP contribution in [0.4, 0.5) is 0 Å². The lowest BCUT2D eigenvalue weighted by molar-refractivity contribution is -0.152. The van der Waals surface area contributed by atoms with E-state index in [0.29, 0.717) is 12.0 Å². The van der Waals surface area contributed by atoms with E-state index < -0.39 is 18.0 Å². The van der Waals surface area contributed by atoms with E-state index in [2.05, 4.69) is 0 Å². The van der Waals surface area contributed by atoms with Crippen LogP contribution in [0.15, 0.2) is 60.7 Å². The maximum Gasteiger partial charge on any atom is 0.339 e. The van der Waals surface area contributed by atoms with E-state index in [-0.39, 0.29) is 24.1 Å². The first-order valence-electron chi connectivity index (χ1n) is 11.9. The molecule has 2 aromatic carbocycles. The molecule has 0 radical (unpaired) electrons. The molecule has 0 aromatic heterocycles. The number of benzene rings is 2. The minimum Gasteiger partial charge on any atom is -0.458 e. The van der Waals surface area contributed by atoms with E-state index in [1.807, 2.05) is 95.3 Å². The summed E-state index contributed by atoms with van der Waals surface area (Å²) in [6.07, 6.45) is 6.09. The lowest BCUT2D eigenvalue weighted by atomic mass is 9.91. The van der Waals surface area contributed by atoms with Crippen LogP contribution in [-0.4, -0.2) is 41.3 Å². The molecule has 5 nitrogen and oxygen atoms in total. The van der Waals surface area contributed by atoms with Gasteiger partial charge in [0.2, 0.25) is 0 Å². The quantitative estimate of drug-likeness (QED) is 0.435. The number of rotatable bonds is 1. The molecule has 0 bridgehead atoms. The summed E-state index contributed by atoms with van der Waals surface area (Å²) in [5.74, 6) is -1.22. The Kier molecular flexibility index (Phi) is 7.08. The number of ether oxygens (including phenoxy) is 3. The van der Waals surface area contributed by atoms with Crippen molar-refractivity contribution in [3.8, 4) is 11.1 Å².